The molecule has 0 saturated carbocycles. The highest BCUT2D eigenvalue weighted by atomic mass is 32.2. The number of hydrogen-bond donors (Lipinski definition) is 1. The summed E-state index contributed by atoms with van der Waals surface area (Å²) in [6.07, 6.45) is 1.15. The van der Waals surface area contributed by atoms with Gasteiger partial charge in [-0.1, -0.05) is 6.92 Å². The first-order valence-electron chi connectivity index (χ1n) is 6.27. The third-order valence-corrected chi connectivity index (χ3v) is 4.50. The number of rotatable bonds is 5. The van der Waals surface area contributed by atoms with Gasteiger partial charge in [0.25, 0.3) is 0 Å². The van der Waals surface area contributed by atoms with E-state index in [1.54, 1.807) is 0 Å². The Bertz CT molecular complexity index is 228. The van der Waals surface area contributed by atoms with Gasteiger partial charge in [-0.15, -0.1) is 0 Å². The van der Waals surface area contributed by atoms with Crippen LogP contribution < -0.4 is 5.32 Å². The van der Waals surface area contributed by atoms with E-state index in [1.807, 2.05) is 11.8 Å². The molecule has 0 amide bonds. The Hall–Kier alpha value is 0.270. The lowest BCUT2D eigenvalue weighted by molar-refractivity contribution is -0.0767. The fraction of sp³-hybridized carbons (Fsp3) is 1.00. The molecule has 96 valence electrons. The van der Waals surface area contributed by atoms with E-state index in [2.05, 4.69) is 47.0 Å². The van der Waals surface area contributed by atoms with E-state index in [9.17, 15) is 0 Å². The Morgan fingerprint density at radius 2 is 2.00 bits per heavy atom. The van der Waals surface area contributed by atoms with Crippen LogP contribution in [0.15, 0.2) is 0 Å². The molecule has 2 unspecified atom stereocenters. The van der Waals surface area contributed by atoms with E-state index >= 15 is 0 Å². The summed E-state index contributed by atoms with van der Waals surface area (Å²) in [4.78, 5) is 0. The molecule has 1 saturated heterocycles. The molecule has 3 heteroatoms. The highest BCUT2D eigenvalue weighted by Gasteiger charge is 2.48. The SMILES string of the molecule is CCSCC(NC)C1CC(C)(C)OC1(C)C. The van der Waals surface area contributed by atoms with Gasteiger partial charge >= 0.3 is 0 Å². The normalized spacial score (nSPS) is 29.2. The summed E-state index contributed by atoms with van der Waals surface area (Å²) < 4.78 is 6.16. The third-order valence-electron chi connectivity index (χ3n) is 3.50. The van der Waals surface area contributed by atoms with Crippen molar-refractivity contribution in [2.24, 2.45) is 5.92 Å². The molecular weight excluding hydrogens is 218 g/mol. The molecule has 1 N–H and O–H groups in total. The topological polar surface area (TPSA) is 21.3 Å². The van der Waals surface area contributed by atoms with Crippen molar-refractivity contribution in [3.8, 4) is 0 Å². The molecule has 1 aliphatic rings. The van der Waals surface area contributed by atoms with Crippen LogP contribution in [0.4, 0.5) is 0 Å². The zero-order valence-electron chi connectivity index (χ0n) is 11.6. The van der Waals surface area contributed by atoms with Gasteiger partial charge in [-0.3, -0.25) is 0 Å². The van der Waals surface area contributed by atoms with Crippen molar-refractivity contribution in [1.29, 1.82) is 0 Å². The predicted molar refractivity (Wildman–Crippen MR) is 73.2 cm³/mol. The maximum Gasteiger partial charge on any atom is 0.0678 e. The Morgan fingerprint density at radius 1 is 1.38 bits per heavy atom. The summed E-state index contributed by atoms with van der Waals surface area (Å²) in [5, 5.41) is 3.47. The first-order valence-corrected chi connectivity index (χ1v) is 7.43. The molecule has 1 fully saturated rings. The molecule has 0 aromatic carbocycles. The van der Waals surface area contributed by atoms with Crippen molar-refractivity contribution in [3.63, 3.8) is 0 Å². The van der Waals surface area contributed by atoms with Crippen LogP contribution in [-0.4, -0.2) is 35.8 Å². The van der Waals surface area contributed by atoms with Crippen LogP contribution in [0.5, 0.6) is 0 Å². The van der Waals surface area contributed by atoms with Gasteiger partial charge in [0, 0.05) is 17.7 Å². The average Bonchev–Trinajstić information content (AvgIpc) is 2.36. The summed E-state index contributed by atoms with van der Waals surface area (Å²) in [5.74, 6) is 2.97. The maximum atomic E-state index is 6.16. The van der Waals surface area contributed by atoms with Crippen LogP contribution in [-0.2, 0) is 4.74 Å². The molecule has 0 spiro atoms. The summed E-state index contributed by atoms with van der Waals surface area (Å²) in [6.45, 7) is 11.1. The van der Waals surface area contributed by atoms with E-state index in [0.717, 1.165) is 6.42 Å². The van der Waals surface area contributed by atoms with Gasteiger partial charge in [0.1, 0.15) is 0 Å². The molecule has 0 radical (unpaired) electrons. The molecule has 16 heavy (non-hydrogen) atoms. The van der Waals surface area contributed by atoms with E-state index in [0.29, 0.717) is 12.0 Å². The highest BCUT2D eigenvalue weighted by Crippen LogP contribution is 2.43. The van der Waals surface area contributed by atoms with Gasteiger partial charge < -0.3 is 10.1 Å². The molecule has 1 rings (SSSR count). The molecule has 2 nitrogen and oxygen atoms in total. The lowest BCUT2D eigenvalue weighted by Gasteiger charge is -2.32. The van der Waals surface area contributed by atoms with Gasteiger partial charge in [-0.2, -0.15) is 11.8 Å². The minimum absolute atomic E-state index is 0.00845. The molecule has 2 atom stereocenters. The third kappa shape index (κ3) is 3.38. The molecule has 1 heterocycles. The van der Waals surface area contributed by atoms with E-state index < -0.39 is 0 Å². The second-order valence-electron chi connectivity index (χ2n) is 5.83. The van der Waals surface area contributed by atoms with Crippen molar-refractivity contribution in [2.75, 3.05) is 18.6 Å². The van der Waals surface area contributed by atoms with Crippen LogP contribution in [0.2, 0.25) is 0 Å². The molecule has 1 aliphatic heterocycles. The number of nitrogens with one attached hydrogen (secondary N) is 1. The summed E-state index contributed by atoms with van der Waals surface area (Å²) in [5.41, 5.74) is 0.0195. The largest absolute Gasteiger partial charge is 0.369 e. The van der Waals surface area contributed by atoms with Crippen molar-refractivity contribution < 1.29 is 4.74 Å². The second kappa shape index (κ2) is 5.28. The van der Waals surface area contributed by atoms with Crippen LogP contribution in [0, 0.1) is 5.92 Å². The smallest absolute Gasteiger partial charge is 0.0678 e. The number of thioether (sulfide) groups is 1. The van der Waals surface area contributed by atoms with Crippen molar-refractivity contribution >= 4 is 11.8 Å². The van der Waals surface area contributed by atoms with Gasteiger partial charge in [0.15, 0.2) is 0 Å². The van der Waals surface area contributed by atoms with E-state index in [1.165, 1.54) is 11.5 Å². The van der Waals surface area contributed by atoms with Gasteiger partial charge in [0.05, 0.1) is 11.2 Å². The number of hydrogen-bond acceptors (Lipinski definition) is 3. The number of ether oxygens (including phenoxy) is 1. The summed E-state index contributed by atoms with van der Waals surface area (Å²) >= 11 is 2.01. The van der Waals surface area contributed by atoms with Gasteiger partial charge in [-0.25, -0.2) is 0 Å². The summed E-state index contributed by atoms with van der Waals surface area (Å²) in [6, 6.07) is 0.557. The van der Waals surface area contributed by atoms with E-state index in [-0.39, 0.29) is 11.2 Å². The van der Waals surface area contributed by atoms with Crippen LogP contribution in [0.3, 0.4) is 0 Å². The highest BCUT2D eigenvalue weighted by molar-refractivity contribution is 7.99. The van der Waals surface area contributed by atoms with Crippen LogP contribution in [0.25, 0.3) is 0 Å². The molecule has 0 aliphatic carbocycles. The Labute approximate surface area is 105 Å². The fourth-order valence-electron chi connectivity index (χ4n) is 2.88. The van der Waals surface area contributed by atoms with Crippen molar-refractivity contribution in [3.05, 3.63) is 0 Å². The Balaban J connectivity index is 2.69. The second-order valence-corrected chi connectivity index (χ2v) is 7.15. The quantitative estimate of drug-likeness (QED) is 0.805. The zero-order chi connectivity index (χ0) is 12.4. The predicted octanol–water partition coefficient (Wildman–Crippen LogP) is 2.92. The lowest BCUT2D eigenvalue weighted by atomic mass is 9.82. The van der Waals surface area contributed by atoms with Crippen LogP contribution >= 0.6 is 11.8 Å². The first-order chi connectivity index (χ1) is 7.32. The van der Waals surface area contributed by atoms with E-state index in [4.69, 9.17) is 4.74 Å². The first kappa shape index (κ1) is 14.3. The lowest BCUT2D eigenvalue weighted by Crippen LogP contribution is -2.44. The van der Waals surface area contributed by atoms with Gasteiger partial charge in [-0.05, 0) is 46.9 Å². The Morgan fingerprint density at radius 3 is 2.38 bits per heavy atom. The zero-order valence-corrected chi connectivity index (χ0v) is 12.4. The minimum Gasteiger partial charge on any atom is -0.369 e. The maximum absolute atomic E-state index is 6.16. The standard InChI is InChI=1S/C13H27NOS/c1-7-16-9-11(14-6)10-8-12(2,3)15-13(10,4)5/h10-11,14H,7-9H2,1-6H3. The molecule has 0 bridgehead atoms. The minimum atomic E-state index is -0.00845. The monoisotopic (exact) mass is 245 g/mol. The average molecular weight is 245 g/mol. The summed E-state index contributed by atoms with van der Waals surface area (Å²) in [7, 11) is 2.07. The van der Waals surface area contributed by atoms with Gasteiger partial charge in [0.2, 0.25) is 0 Å². The molecular formula is C13H27NOS. The molecule has 0 aromatic heterocycles. The molecule has 0 aromatic rings. The fourth-order valence-corrected chi connectivity index (χ4v) is 3.77. The van der Waals surface area contributed by atoms with Crippen LogP contribution in [0.1, 0.15) is 41.0 Å². The van der Waals surface area contributed by atoms with Crippen molar-refractivity contribution in [2.45, 2.75) is 58.3 Å². The Kier molecular flexibility index (Phi) is 4.73. The van der Waals surface area contributed by atoms with Crippen molar-refractivity contribution in [1.82, 2.24) is 5.32 Å².